The number of benzene rings is 2. The lowest BCUT2D eigenvalue weighted by Crippen LogP contribution is -2.30. The largest absolute Gasteiger partial charge is 0.416 e. The fourth-order valence-electron chi connectivity index (χ4n) is 3.14. The summed E-state index contributed by atoms with van der Waals surface area (Å²) in [4.78, 5) is 4.26. The lowest BCUT2D eigenvalue weighted by Gasteiger charge is -2.12. The number of hydrogen-bond donors (Lipinski definition) is 2. The summed E-state index contributed by atoms with van der Waals surface area (Å²) < 4.78 is 40.2. The Morgan fingerprint density at radius 3 is 2.60 bits per heavy atom. The highest BCUT2D eigenvalue weighted by atomic mass is 19.4. The zero-order chi connectivity index (χ0) is 21.3. The smallest absolute Gasteiger partial charge is 0.286 e. The van der Waals surface area contributed by atoms with Gasteiger partial charge in [0.1, 0.15) is 11.3 Å². The minimum absolute atomic E-state index is 0.0295. The van der Waals surface area contributed by atoms with Crippen molar-refractivity contribution >= 4 is 16.7 Å². The molecular weight excluding hydrogens is 391 g/mol. The summed E-state index contributed by atoms with van der Waals surface area (Å²) in [5.41, 5.74) is 1.40. The standard InChI is InChI=1S/C22H16F3N5/c23-22(24,25)17-5-1-3-16(13-17)19-8-9-20(26)30(29-19)21(27)12-14-6-7-18-15(11-14)4-2-10-28-18/h1-11,13,26-27H,12H2. The van der Waals surface area contributed by atoms with Gasteiger partial charge in [-0.3, -0.25) is 15.8 Å². The van der Waals surface area contributed by atoms with Crippen molar-refractivity contribution in [3.05, 3.63) is 89.5 Å². The van der Waals surface area contributed by atoms with Crippen molar-refractivity contribution in [2.24, 2.45) is 0 Å². The molecule has 0 unspecified atom stereocenters. The molecule has 2 aromatic heterocycles. The third-order valence-electron chi connectivity index (χ3n) is 4.62. The van der Waals surface area contributed by atoms with E-state index in [0.717, 1.165) is 33.3 Å². The van der Waals surface area contributed by atoms with Gasteiger partial charge in [0, 0.05) is 23.6 Å². The van der Waals surface area contributed by atoms with E-state index in [0.29, 0.717) is 0 Å². The van der Waals surface area contributed by atoms with Gasteiger partial charge in [-0.15, -0.1) is 0 Å². The summed E-state index contributed by atoms with van der Waals surface area (Å²) in [7, 11) is 0. The molecule has 0 bridgehead atoms. The van der Waals surface area contributed by atoms with E-state index in [-0.39, 0.29) is 29.0 Å². The van der Waals surface area contributed by atoms with Gasteiger partial charge in [-0.05, 0) is 48.0 Å². The lowest BCUT2D eigenvalue weighted by molar-refractivity contribution is -0.137. The highest BCUT2D eigenvalue weighted by Crippen LogP contribution is 2.31. The normalized spacial score (nSPS) is 11.6. The van der Waals surface area contributed by atoms with Crippen LogP contribution in [0.1, 0.15) is 11.1 Å². The summed E-state index contributed by atoms with van der Waals surface area (Å²) >= 11 is 0. The molecule has 4 rings (SSSR count). The van der Waals surface area contributed by atoms with Crippen molar-refractivity contribution in [2.45, 2.75) is 12.6 Å². The molecule has 5 nitrogen and oxygen atoms in total. The predicted molar refractivity (Wildman–Crippen MR) is 107 cm³/mol. The number of fused-ring (bicyclic) bond motifs is 1. The van der Waals surface area contributed by atoms with Crippen LogP contribution in [-0.2, 0) is 12.6 Å². The second-order valence-electron chi connectivity index (χ2n) is 6.75. The van der Waals surface area contributed by atoms with E-state index in [1.54, 1.807) is 6.20 Å². The zero-order valence-corrected chi connectivity index (χ0v) is 15.6. The Labute approximate surface area is 169 Å². The van der Waals surface area contributed by atoms with Crippen LogP contribution in [0.15, 0.2) is 72.9 Å². The first-order chi connectivity index (χ1) is 14.3. The molecule has 0 saturated carbocycles. The highest BCUT2D eigenvalue weighted by Gasteiger charge is 2.30. The van der Waals surface area contributed by atoms with Crippen molar-refractivity contribution in [2.75, 3.05) is 0 Å². The Kier molecular flexibility index (Phi) is 4.91. The molecule has 0 aliphatic rings. The molecule has 4 aromatic rings. The molecule has 0 spiro atoms. The molecule has 2 heterocycles. The molecule has 0 aliphatic carbocycles. The van der Waals surface area contributed by atoms with Gasteiger partial charge in [-0.25, -0.2) is 4.68 Å². The van der Waals surface area contributed by atoms with Crippen LogP contribution in [0.25, 0.3) is 22.2 Å². The molecule has 2 N–H and O–H groups in total. The molecule has 0 atom stereocenters. The number of rotatable bonds is 3. The number of nitrogens with one attached hydrogen (secondary N) is 2. The van der Waals surface area contributed by atoms with Crippen LogP contribution in [0.3, 0.4) is 0 Å². The van der Waals surface area contributed by atoms with E-state index in [1.807, 2.05) is 30.3 Å². The minimum atomic E-state index is -4.46. The topological polar surface area (TPSA) is 78.4 Å². The van der Waals surface area contributed by atoms with Crippen molar-refractivity contribution in [1.82, 2.24) is 14.8 Å². The van der Waals surface area contributed by atoms with Crippen molar-refractivity contribution in [3.63, 3.8) is 0 Å². The van der Waals surface area contributed by atoms with Gasteiger partial charge < -0.3 is 0 Å². The molecule has 0 saturated heterocycles. The summed E-state index contributed by atoms with van der Waals surface area (Å²) in [6, 6.07) is 17.1. The SMILES string of the molecule is N=C(Cc1ccc2ncccc2c1)n1nc(-c2cccc(C(F)(F)F)c2)ccc1=N. The summed E-state index contributed by atoms with van der Waals surface area (Å²) in [6.07, 6.45) is -2.55. The molecule has 30 heavy (non-hydrogen) atoms. The Balaban J connectivity index is 1.66. The first kappa shape index (κ1) is 19.5. The number of halogens is 3. The van der Waals surface area contributed by atoms with Crippen LogP contribution in [-0.4, -0.2) is 20.6 Å². The third-order valence-corrected chi connectivity index (χ3v) is 4.62. The monoisotopic (exact) mass is 407 g/mol. The molecule has 2 aromatic carbocycles. The predicted octanol–water partition coefficient (Wildman–Crippen LogP) is 4.66. The van der Waals surface area contributed by atoms with Gasteiger partial charge in [0.25, 0.3) is 0 Å². The van der Waals surface area contributed by atoms with Gasteiger partial charge in [-0.1, -0.05) is 24.3 Å². The Morgan fingerprint density at radius 1 is 0.967 bits per heavy atom. The summed E-state index contributed by atoms with van der Waals surface area (Å²) in [5, 5.41) is 21.7. The van der Waals surface area contributed by atoms with Crippen LogP contribution in [0.2, 0.25) is 0 Å². The minimum Gasteiger partial charge on any atom is -0.286 e. The average Bonchev–Trinajstić information content (AvgIpc) is 2.73. The second-order valence-corrected chi connectivity index (χ2v) is 6.75. The second kappa shape index (κ2) is 7.55. The van der Waals surface area contributed by atoms with Crippen LogP contribution in [0, 0.1) is 10.8 Å². The maximum atomic E-state index is 13.0. The quantitative estimate of drug-likeness (QED) is 0.383. The average molecular weight is 407 g/mol. The van der Waals surface area contributed by atoms with Crippen molar-refractivity contribution in [3.8, 4) is 11.3 Å². The molecule has 0 aliphatic heterocycles. The number of aromatic nitrogens is 3. The maximum absolute atomic E-state index is 13.0. The van der Waals surface area contributed by atoms with Gasteiger partial charge in [-0.2, -0.15) is 18.3 Å². The summed E-state index contributed by atoms with van der Waals surface area (Å²) in [5.74, 6) is 0.0390. The van der Waals surface area contributed by atoms with Crippen molar-refractivity contribution in [1.29, 1.82) is 10.8 Å². The lowest BCUT2D eigenvalue weighted by atomic mass is 10.1. The van der Waals surface area contributed by atoms with E-state index in [2.05, 4.69) is 10.1 Å². The van der Waals surface area contributed by atoms with E-state index < -0.39 is 11.7 Å². The fourth-order valence-corrected chi connectivity index (χ4v) is 3.14. The highest BCUT2D eigenvalue weighted by molar-refractivity contribution is 5.85. The number of hydrogen-bond acceptors (Lipinski definition) is 4. The molecule has 0 fully saturated rings. The van der Waals surface area contributed by atoms with Crippen LogP contribution in [0.4, 0.5) is 13.2 Å². The van der Waals surface area contributed by atoms with Crippen molar-refractivity contribution < 1.29 is 13.2 Å². The molecular formula is C22H16F3N5. The van der Waals surface area contributed by atoms with Gasteiger partial charge in [0.2, 0.25) is 0 Å². The van der Waals surface area contributed by atoms with Crippen LogP contribution < -0.4 is 5.49 Å². The Morgan fingerprint density at radius 2 is 1.80 bits per heavy atom. The number of nitrogens with zero attached hydrogens (tertiary/aromatic N) is 3. The van der Waals surface area contributed by atoms with Crippen LogP contribution >= 0.6 is 0 Å². The fraction of sp³-hybridized carbons (Fsp3) is 0.0909. The van der Waals surface area contributed by atoms with Crippen LogP contribution in [0.5, 0.6) is 0 Å². The molecule has 150 valence electrons. The maximum Gasteiger partial charge on any atom is 0.416 e. The van der Waals surface area contributed by atoms with E-state index >= 15 is 0 Å². The van der Waals surface area contributed by atoms with E-state index in [1.165, 1.54) is 24.3 Å². The Hall–Kier alpha value is -3.81. The van der Waals surface area contributed by atoms with Gasteiger partial charge >= 0.3 is 6.18 Å². The molecule has 0 radical (unpaired) electrons. The zero-order valence-electron chi connectivity index (χ0n) is 15.6. The number of alkyl halides is 3. The Bertz CT molecular complexity index is 1310. The van der Waals surface area contributed by atoms with Gasteiger partial charge in [0.05, 0.1) is 16.8 Å². The van der Waals surface area contributed by atoms with E-state index in [9.17, 15) is 13.2 Å². The van der Waals surface area contributed by atoms with Gasteiger partial charge in [0.15, 0.2) is 0 Å². The third kappa shape index (κ3) is 3.98. The molecule has 8 heteroatoms. The van der Waals surface area contributed by atoms with E-state index in [4.69, 9.17) is 10.8 Å². The number of pyridine rings is 1. The first-order valence-electron chi connectivity index (χ1n) is 9.05. The summed E-state index contributed by atoms with van der Waals surface area (Å²) in [6.45, 7) is 0. The first-order valence-corrected chi connectivity index (χ1v) is 9.05. The molecule has 0 amide bonds.